The topological polar surface area (TPSA) is 29.1 Å². The van der Waals surface area contributed by atoms with Crippen LogP contribution in [0.4, 0.5) is 5.69 Å². The molecule has 2 aromatic carbocycles. The molecule has 18 heavy (non-hydrogen) atoms. The van der Waals surface area contributed by atoms with E-state index in [1.54, 1.807) is 0 Å². The Morgan fingerprint density at radius 1 is 1.00 bits per heavy atom. The Balaban J connectivity index is 1.92. The van der Waals surface area contributed by atoms with Gasteiger partial charge in [0.15, 0.2) is 0 Å². The van der Waals surface area contributed by atoms with E-state index in [1.165, 1.54) is 4.35 Å². The Bertz CT molecular complexity index is 504. The van der Waals surface area contributed by atoms with Crippen LogP contribution in [0.1, 0.15) is 0 Å². The molecule has 0 aliphatic carbocycles. The van der Waals surface area contributed by atoms with E-state index in [1.807, 2.05) is 48.5 Å². The molecule has 0 saturated carbocycles. The first-order valence-electron chi connectivity index (χ1n) is 5.59. The third-order valence-electron chi connectivity index (χ3n) is 2.38. The molecule has 2 rings (SSSR count). The van der Waals surface area contributed by atoms with Crippen molar-refractivity contribution in [2.45, 2.75) is 5.21 Å². The molecule has 0 radical (unpaired) electrons. The van der Waals surface area contributed by atoms with Gasteiger partial charge in [-0.15, -0.1) is 0 Å². The molecule has 0 aliphatic heterocycles. The number of halogens is 1. The van der Waals surface area contributed by atoms with Crippen LogP contribution in [0.3, 0.4) is 0 Å². The Hall–Kier alpha value is -1.05. The van der Waals surface area contributed by atoms with Crippen molar-refractivity contribution in [3.05, 3.63) is 60.7 Å². The van der Waals surface area contributed by atoms with Crippen LogP contribution in [-0.4, -0.2) is 18.7 Å². The summed E-state index contributed by atoms with van der Waals surface area (Å²) in [5.41, 5.74) is 0.852. The van der Waals surface area contributed by atoms with Gasteiger partial charge in [0.1, 0.15) is 0 Å². The summed E-state index contributed by atoms with van der Waals surface area (Å²) >= 11 is 2.26. The van der Waals surface area contributed by atoms with Crippen LogP contribution in [0.2, 0.25) is 5.21 Å². The van der Waals surface area contributed by atoms with Gasteiger partial charge in [-0.2, -0.15) is 0 Å². The number of carbonyl (C=O) groups excluding carboxylic acids is 1. The second kappa shape index (κ2) is 6.77. The predicted octanol–water partition coefficient (Wildman–Crippen LogP) is 2.92. The zero-order valence-electron chi connectivity index (χ0n) is 9.71. The van der Waals surface area contributed by atoms with E-state index in [9.17, 15) is 4.79 Å². The van der Waals surface area contributed by atoms with Crippen LogP contribution >= 0.6 is 13.9 Å². The van der Waals surface area contributed by atoms with Crippen molar-refractivity contribution in [3.63, 3.8) is 0 Å². The molecule has 0 saturated heterocycles. The van der Waals surface area contributed by atoms with E-state index in [0.717, 1.165) is 5.69 Å². The first kappa shape index (κ1) is 13.4. The van der Waals surface area contributed by atoms with E-state index in [-0.39, 0.29) is 5.91 Å². The quantitative estimate of drug-likeness (QED) is 0.829. The number of amides is 1. The van der Waals surface area contributed by atoms with E-state index >= 15 is 0 Å². The second-order valence-corrected chi connectivity index (χ2v) is 11.5. The predicted molar refractivity (Wildman–Crippen MR) is 80.6 cm³/mol. The molecular formula is C14H13AsBrNO. The third kappa shape index (κ3) is 4.00. The van der Waals surface area contributed by atoms with Crippen LogP contribution in [0.15, 0.2) is 60.7 Å². The summed E-state index contributed by atoms with van der Waals surface area (Å²) in [6.07, 6.45) is 0. The van der Waals surface area contributed by atoms with E-state index in [0.29, 0.717) is 5.21 Å². The number of hydrogen-bond acceptors (Lipinski definition) is 1. The van der Waals surface area contributed by atoms with Crippen molar-refractivity contribution in [2.24, 2.45) is 0 Å². The summed E-state index contributed by atoms with van der Waals surface area (Å²) in [6, 6.07) is 19.7. The maximum absolute atomic E-state index is 11.9. The van der Waals surface area contributed by atoms with E-state index in [4.69, 9.17) is 0 Å². The van der Waals surface area contributed by atoms with E-state index < -0.39 is 12.8 Å². The standard InChI is InChI=1S/C14H13AsBrNO/c16-15(12-7-3-1-4-8-12)11-14(18)17-13-9-5-2-6-10-13/h1-10H,11H2,(H,17,18). The first-order valence-corrected chi connectivity index (χ1v) is 12.2. The van der Waals surface area contributed by atoms with Gasteiger partial charge < -0.3 is 0 Å². The minimum absolute atomic E-state index is 0.0712. The summed E-state index contributed by atoms with van der Waals surface area (Å²) in [7, 11) is 0. The molecule has 4 heteroatoms. The molecule has 0 aromatic heterocycles. The Kier molecular flexibility index (Phi) is 5.03. The number of para-hydroxylation sites is 1. The zero-order valence-corrected chi connectivity index (χ0v) is 13.2. The van der Waals surface area contributed by atoms with Crippen molar-refractivity contribution in [1.29, 1.82) is 0 Å². The van der Waals surface area contributed by atoms with Crippen LogP contribution in [0, 0.1) is 0 Å². The maximum atomic E-state index is 11.9. The van der Waals surface area contributed by atoms with Gasteiger partial charge in [0.05, 0.1) is 0 Å². The molecule has 92 valence electrons. The fourth-order valence-electron chi connectivity index (χ4n) is 1.53. The van der Waals surface area contributed by atoms with Crippen LogP contribution < -0.4 is 9.67 Å². The number of rotatable bonds is 4. The van der Waals surface area contributed by atoms with Gasteiger partial charge in [-0.25, -0.2) is 0 Å². The summed E-state index contributed by atoms with van der Waals surface area (Å²) < 4.78 is 1.26. The molecule has 1 N–H and O–H groups in total. The van der Waals surface area contributed by atoms with Crippen molar-refractivity contribution >= 4 is 42.7 Å². The minimum atomic E-state index is -1.43. The molecule has 2 aromatic rings. The molecule has 0 bridgehead atoms. The van der Waals surface area contributed by atoms with Crippen LogP contribution in [-0.2, 0) is 4.79 Å². The Morgan fingerprint density at radius 3 is 2.17 bits per heavy atom. The third-order valence-corrected chi connectivity index (χ3v) is 8.79. The molecule has 0 aliphatic rings. The van der Waals surface area contributed by atoms with Gasteiger partial charge in [0, 0.05) is 0 Å². The molecule has 1 amide bonds. The van der Waals surface area contributed by atoms with E-state index in [2.05, 4.69) is 31.4 Å². The van der Waals surface area contributed by atoms with Gasteiger partial charge in [-0.05, 0) is 0 Å². The average Bonchev–Trinajstić information content (AvgIpc) is 2.40. The molecule has 0 spiro atoms. The fraction of sp³-hybridized carbons (Fsp3) is 0.0714. The summed E-state index contributed by atoms with van der Waals surface area (Å²) in [5.74, 6) is 0.0712. The molecule has 0 fully saturated rings. The Labute approximate surface area is 118 Å². The number of benzene rings is 2. The van der Waals surface area contributed by atoms with Crippen molar-refractivity contribution in [3.8, 4) is 0 Å². The van der Waals surface area contributed by atoms with Crippen molar-refractivity contribution in [2.75, 3.05) is 5.32 Å². The summed E-state index contributed by atoms with van der Waals surface area (Å²) in [4.78, 5) is 11.9. The second-order valence-electron chi connectivity index (χ2n) is 3.77. The monoisotopic (exact) mass is 365 g/mol. The first-order chi connectivity index (χ1) is 8.75. The number of anilines is 1. The number of nitrogens with one attached hydrogen (secondary N) is 1. The van der Waals surface area contributed by atoms with Gasteiger partial charge in [-0.1, -0.05) is 0 Å². The van der Waals surface area contributed by atoms with Crippen LogP contribution in [0.25, 0.3) is 0 Å². The van der Waals surface area contributed by atoms with Crippen molar-refractivity contribution in [1.82, 2.24) is 0 Å². The number of hydrogen-bond donors (Lipinski definition) is 1. The molecule has 1 atom stereocenters. The fourth-order valence-corrected chi connectivity index (χ4v) is 6.06. The molecule has 2 nitrogen and oxygen atoms in total. The SMILES string of the molecule is O=C(C[As](Br)c1ccccc1)Nc1ccccc1. The normalized spacial score (nSPS) is 11.8. The Morgan fingerprint density at radius 2 is 1.56 bits per heavy atom. The van der Waals surface area contributed by atoms with Gasteiger partial charge >= 0.3 is 119 Å². The molecule has 0 heterocycles. The van der Waals surface area contributed by atoms with Gasteiger partial charge in [0.25, 0.3) is 0 Å². The van der Waals surface area contributed by atoms with Gasteiger partial charge in [-0.3, -0.25) is 0 Å². The van der Waals surface area contributed by atoms with Gasteiger partial charge in [0.2, 0.25) is 0 Å². The van der Waals surface area contributed by atoms with Crippen molar-refractivity contribution < 1.29 is 4.79 Å². The zero-order chi connectivity index (χ0) is 12.8. The number of carbonyl (C=O) groups is 1. The molecule has 1 unspecified atom stereocenters. The summed E-state index contributed by atoms with van der Waals surface area (Å²) in [6.45, 7) is 0. The average molecular weight is 366 g/mol. The van der Waals surface area contributed by atoms with Crippen LogP contribution in [0.5, 0.6) is 0 Å². The summed E-state index contributed by atoms with van der Waals surface area (Å²) in [5, 5.41) is 3.47. The molecular weight excluding hydrogens is 353 g/mol.